The summed E-state index contributed by atoms with van der Waals surface area (Å²) in [5.41, 5.74) is 11.7. The Kier molecular flexibility index (Phi) is 6.97. The van der Waals surface area contributed by atoms with E-state index in [2.05, 4.69) is 179 Å². The van der Waals surface area contributed by atoms with Gasteiger partial charge in [-0.3, -0.25) is 0 Å². The van der Waals surface area contributed by atoms with Gasteiger partial charge >= 0.3 is 0 Å². The molecule has 3 heteroatoms. The predicted molar refractivity (Wildman–Crippen MR) is 192 cm³/mol. The first kappa shape index (κ1) is 26.8. The smallest absolute Gasteiger partial charge is 0.0537 e. The van der Waals surface area contributed by atoms with Gasteiger partial charge in [0.15, 0.2) is 0 Å². The second kappa shape index (κ2) is 11.7. The van der Waals surface area contributed by atoms with Crippen LogP contribution >= 0.6 is 0 Å². The SMILES string of the molecule is C1=CC(Nc2cc(Nc3ccccc3)c(-c3ccccc3)cc2-c2ccccc2)CC(n2c3ccccc3c3ccccc32)=C1. The molecule has 0 saturated carbocycles. The zero-order valence-corrected chi connectivity index (χ0v) is 24.9. The van der Waals surface area contributed by atoms with Gasteiger partial charge in [-0.05, 0) is 53.6 Å². The van der Waals surface area contributed by atoms with Crippen LogP contribution in [0.2, 0.25) is 0 Å². The average molecular weight is 580 g/mol. The van der Waals surface area contributed by atoms with Crippen molar-refractivity contribution < 1.29 is 0 Å². The summed E-state index contributed by atoms with van der Waals surface area (Å²) >= 11 is 0. The maximum atomic E-state index is 3.96. The van der Waals surface area contributed by atoms with Crippen LogP contribution in [0.5, 0.6) is 0 Å². The summed E-state index contributed by atoms with van der Waals surface area (Å²) in [6, 6.07) is 53.9. The summed E-state index contributed by atoms with van der Waals surface area (Å²) < 4.78 is 2.43. The lowest BCUT2D eigenvalue weighted by molar-refractivity contribution is 0.864. The van der Waals surface area contributed by atoms with Crippen molar-refractivity contribution in [1.29, 1.82) is 0 Å². The average Bonchev–Trinajstić information content (AvgIpc) is 3.44. The quantitative estimate of drug-likeness (QED) is 0.197. The van der Waals surface area contributed by atoms with Crippen molar-refractivity contribution in [3.63, 3.8) is 0 Å². The second-order valence-corrected chi connectivity index (χ2v) is 11.5. The van der Waals surface area contributed by atoms with Gasteiger partial charge in [0.1, 0.15) is 0 Å². The summed E-state index contributed by atoms with van der Waals surface area (Å²) in [6.45, 7) is 0. The normalized spacial score (nSPS) is 14.4. The van der Waals surface area contributed by atoms with E-state index in [9.17, 15) is 0 Å². The Bertz CT molecular complexity index is 2120. The zero-order chi connectivity index (χ0) is 30.0. The van der Waals surface area contributed by atoms with E-state index in [1.807, 2.05) is 6.07 Å². The maximum Gasteiger partial charge on any atom is 0.0537 e. The molecule has 2 N–H and O–H groups in total. The lowest BCUT2D eigenvalue weighted by atomic mass is 9.94. The van der Waals surface area contributed by atoms with E-state index in [0.29, 0.717) is 0 Å². The standard InChI is InChI=1S/C42H33N3/c1-4-15-30(16-5-1)37-28-38(31-17-6-2-7-18-31)40(29-39(37)43-32-19-8-3-9-20-32)44-33-21-14-22-34(27-33)45-41-25-12-10-23-35(41)36-24-11-13-26-42(36)45/h1-26,28-29,33,43-44H,27H2. The molecule has 1 aliphatic carbocycles. The number of nitrogens with zero attached hydrogens (tertiary/aromatic N) is 1. The van der Waals surface area contributed by atoms with Gasteiger partial charge in [-0.1, -0.05) is 127 Å². The molecule has 0 spiro atoms. The minimum atomic E-state index is 0.111. The molecule has 0 amide bonds. The summed E-state index contributed by atoms with van der Waals surface area (Å²) in [5.74, 6) is 0. The third kappa shape index (κ3) is 5.19. The van der Waals surface area contributed by atoms with Crippen LogP contribution < -0.4 is 10.6 Å². The summed E-state index contributed by atoms with van der Waals surface area (Å²) in [5, 5.41) is 10.3. The Morgan fingerprint density at radius 1 is 0.533 bits per heavy atom. The first-order chi connectivity index (χ1) is 22.3. The minimum absolute atomic E-state index is 0.111. The highest BCUT2D eigenvalue weighted by Gasteiger charge is 2.20. The molecule has 0 saturated heterocycles. The summed E-state index contributed by atoms with van der Waals surface area (Å²) in [7, 11) is 0. The predicted octanol–water partition coefficient (Wildman–Crippen LogP) is 11.2. The molecule has 0 bridgehead atoms. The largest absolute Gasteiger partial charge is 0.378 e. The Labute approximate surface area is 263 Å². The molecule has 7 aromatic rings. The van der Waals surface area contributed by atoms with E-state index in [-0.39, 0.29) is 6.04 Å². The van der Waals surface area contributed by atoms with Gasteiger partial charge in [-0.15, -0.1) is 0 Å². The molecule has 1 unspecified atom stereocenters. The lowest BCUT2D eigenvalue weighted by Gasteiger charge is -2.26. The number of hydrogen-bond acceptors (Lipinski definition) is 2. The van der Waals surface area contributed by atoms with Crippen molar-refractivity contribution in [2.75, 3.05) is 10.6 Å². The zero-order valence-electron chi connectivity index (χ0n) is 24.9. The van der Waals surface area contributed by atoms with Crippen molar-refractivity contribution in [3.8, 4) is 22.3 Å². The van der Waals surface area contributed by atoms with Crippen LogP contribution in [-0.4, -0.2) is 10.6 Å². The van der Waals surface area contributed by atoms with E-state index in [4.69, 9.17) is 0 Å². The van der Waals surface area contributed by atoms with Crippen LogP contribution in [0, 0.1) is 0 Å². The molecular formula is C42H33N3. The first-order valence-electron chi connectivity index (χ1n) is 15.6. The van der Waals surface area contributed by atoms with Gasteiger partial charge in [-0.2, -0.15) is 0 Å². The molecule has 8 rings (SSSR count). The van der Waals surface area contributed by atoms with Crippen molar-refractivity contribution in [1.82, 2.24) is 4.57 Å². The fraction of sp³-hybridized carbons (Fsp3) is 0.0476. The van der Waals surface area contributed by atoms with Gasteiger partial charge < -0.3 is 15.2 Å². The number of rotatable bonds is 7. The number of anilines is 3. The van der Waals surface area contributed by atoms with Crippen LogP contribution in [-0.2, 0) is 0 Å². The van der Waals surface area contributed by atoms with Crippen molar-refractivity contribution in [3.05, 3.63) is 170 Å². The second-order valence-electron chi connectivity index (χ2n) is 11.5. The Balaban J connectivity index is 1.21. The lowest BCUT2D eigenvalue weighted by Crippen LogP contribution is -2.21. The molecule has 3 nitrogen and oxygen atoms in total. The van der Waals surface area contributed by atoms with Crippen LogP contribution in [0.1, 0.15) is 6.42 Å². The monoisotopic (exact) mass is 579 g/mol. The van der Waals surface area contributed by atoms with Crippen molar-refractivity contribution >= 4 is 44.6 Å². The molecule has 6 aromatic carbocycles. The van der Waals surface area contributed by atoms with Crippen molar-refractivity contribution in [2.24, 2.45) is 0 Å². The molecule has 0 radical (unpaired) electrons. The fourth-order valence-electron chi connectivity index (χ4n) is 6.57. The number of para-hydroxylation sites is 3. The Morgan fingerprint density at radius 2 is 1.07 bits per heavy atom. The van der Waals surface area contributed by atoms with Gasteiger partial charge in [0.25, 0.3) is 0 Å². The minimum Gasteiger partial charge on any atom is -0.378 e. The van der Waals surface area contributed by atoms with Gasteiger partial charge in [0, 0.05) is 51.1 Å². The van der Waals surface area contributed by atoms with Gasteiger partial charge in [-0.25, -0.2) is 0 Å². The van der Waals surface area contributed by atoms with Gasteiger partial charge in [0.2, 0.25) is 0 Å². The molecule has 1 heterocycles. The van der Waals surface area contributed by atoms with E-state index >= 15 is 0 Å². The highest BCUT2D eigenvalue weighted by Crippen LogP contribution is 2.41. The number of aromatic nitrogens is 1. The number of benzene rings is 6. The Hall–Kier alpha value is -5.80. The highest BCUT2D eigenvalue weighted by molar-refractivity contribution is 6.10. The van der Waals surface area contributed by atoms with Crippen LogP contribution in [0.15, 0.2) is 170 Å². The molecule has 1 aliphatic rings. The molecule has 0 fully saturated rings. The highest BCUT2D eigenvalue weighted by atomic mass is 15.0. The van der Waals surface area contributed by atoms with Crippen molar-refractivity contribution in [2.45, 2.75) is 12.5 Å². The van der Waals surface area contributed by atoms with Crippen LogP contribution in [0.3, 0.4) is 0 Å². The maximum absolute atomic E-state index is 3.96. The molecule has 216 valence electrons. The Morgan fingerprint density at radius 3 is 1.69 bits per heavy atom. The van der Waals surface area contributed by atoms with E-state index in [1.54, 1.807) is 0 Å². The topological polar surface area (TPSA) is 29.0 Å². The summed E-state index contributed by atoms with van der Waals surface area (Å²) in [6.07, 6.45) is 7.59. The third-order valence-corrected chi connectivity index (χ3v) is 8.65. The number of hydrogen-bond donors (Lipinski definition) is 2. The van der Waals surface area contributed by atoms with Crippen LogP contribution in [0.4, 0.5) is 17.1 Å². The third-order valence-electron chi connectivity index (χ3n) is 8.65. The first-order valence-corrected chi connectivity index (χ1v) is 15.6. The molecule has 1 atom stereocenters. The van der Waals surface area contributed by atoms with E-state index in [1.165, 1.54) is 44.2 Å². The molecule has 45 heavy (non-hydrogen) atoms. The van der Waals surface area contributed by atoms with E-state index < -0.39 is 0 Å². The molecule has 0 aliphatic heterocycles. The number of nitrogens with one attached hydrogen (secondary N) is 2. The fourth-order valence-corrected chi connectivity index (χ4v) is 6.57. The number of fused-ring (bicyclic) bond motifs is 3. The number of allylic oxidation sites excluding steroid dienone is 2. The summed E-state index contributed by atoms with van der Waals surface area (Å²) in [4.78, 5) is 0. The molecule has 1 aromatic heterocycles. The molecular weight excluding hydrogens is 546 g/mol. The van der Waals surface area contributed by atoms with E-state index in [0.717, 1.165) is 29.0 Å². The van der Waals surface area contributed by atoms with Gasteiger partial charge in [0.05, 0.1) is 17.1 Å². The van der Waals surface area contributed by atoms with Crippen LogP contribution in [0.25, 0.3) is 49.8 Å².